The number of imidazole rings is 1. The molecule has 5 aromatic carbocycles. The molecule has 0 atom stereocenters. The maximum atomic E-state index is 4.86. The fourth-order valence-corrected chi connectivity index (χ4v) is 7.11. The molecule has 0 fully saturated rings. The second-order valence-corrected chi connectivity index (χ2v) is 11.2. The van der Waals surface area contributed by atoms with E-state index in [1.807, 2.05) is 18.5 Å². The van der Waals surface area contributed by atoms with Gasteiger partial charge in [-0.2, -0.15) is 0 Å². The summed E-state index contributed by atoms with van der Waals surface area (Å²) in [6.45, 7) is 0. The monoisotopic (exact) mass is 549 g/mol. The lowest BCUT2D eigenvalue weighted by Crippen LogP contribution is -1.95. The van der Waals surface area contributed by atoms with Crippen LogP contribution in [0.25, 0.3) is 82.4 Å². The minimum absolute atomic E-state index is 0.923. The Bertz CT molecular complexity index is 2710. The number of benzene rings is 5. The Morgan fingerprint density at radius 2 is 1.00 bits per heavy atom. The lowest BCUT2D eigenvalue weighted by molar-refractivity contribution is 1.17. The Hall–Kier alpha value is -5.94. The quantitative estimate of drug-likeness (QED) is 0.202. The van der Waals surface area contributed by atoms with Gasteiger partial charge in [0.05, 0.1) is 33.1 Å². The molecule has 200 valence electrons. The summed E-state index contributed by atoms with van der Waals surface area (Å²) in [6, 6.07) is 43.6. The molecular formula is C38H23N5. The van der Waals surface area contributed by atoms with Crippen LogP contribution in [0.1, 0.15) is 0 Å². The van der Waals surface area contributed by atoms with Crippen molar-refractivity contribution in [2.45, 2.75) is 0 Å². The van der Waals surface area contributed by atoms with Gasteiger partial charge in [-0.3, -0.25) is 9.38 Å². The lowest BCUT2D eigenvalue weighted by atomic mass is 10.1. The van der Waals surface area contributed by atoms with E-state index in [0.717, 1.165) is 44.3 Å². The van der Waals surface area contributed by atoms with E-state index in [1.54, 1.807) is 0 Å². The summed E-state index contributed by atoms with van der Waals surface area (Å²) in [7, 11) is 0. The molecule has 10 aromatic rings. The average Bonchev–Trinajstić information content (AvgIpc) is 3.77. The van der Waals surface area contributed by atoms with Gasteiger partial charge in [0.1, 0.15) is 5.65 Å². The van der Waals surface area contributed by atoms with Crippen LogP contribution in [0.5, 0.6) is 0 Å². The highest BCUT2D eigenvalue weighted by Crippen LogP contribution is 2.41. The molecule has 0 radical (unpaired) electrons. The van der Waals surface area contributed by atoms with Crippen molar-refractivity contribution in [3.8, 4) is 11.4 Å². The van der Waals surface area contributed by atoms with E-state index < -0.39 is 0 Å². The van der Waals surface area contributed by atoms with Gasteiger partial charge in [-0.1, -0.05) is 54.6 Å². The van der Waals surface area contributed by atoms with Gasteiger partial charge < -0.3 is 9.13 Å². The first kappa shape index (κ1) is 22.7. The molecule has 0 unspecified atom stereocenters. The smallest absolute Gasteiger partial charge is 0.146 e. The maximum Gasteiger partial charge on any atom is 0.146 e. The third-order valence-corrected chi connectivity index (χ3v) is 8.91. The van der Waals surface area contributed by atoms with Crippen LogP contribution in [0, 0.1) is 0 Å². The molecule has 0 aliphatic carbocycles. The molecule has 5 nitrogen and oxygen atoms in total. The predicted molar refractivity (Wildman–Crippen MR) is 177 cm³/mol. The number of rotatable bonds is 2. The first-order chi connectivity index (χ1) is 21.3. The highest BCUT2D eigenvalue weighted by atomic mass is 15.0. The second-order valence-electron chi connectivity index (χ2n) is 11.2. The summed E-state index contributed by atoms with van der Waals surface area (Å²) in [5.41, 5.74) is 10.0. The van der Waals surface area contributed by atoms with Gasteiger partial charge >= 0.3 is 0 Å². The van der Waals surface area contributed by atoms with Crippen LogP contribution in [0.15, 0.2) is 140 Å². The fraction of sp³-hybridized carbons (Fsp3) is 0. The van der Waals surface area contributed by atoms with Gasteiger partial charge in [0.2, 0.25) is 0 Å². The van der Waals surface area contributed by atoms with Crippen molar-refractivity contribution in [2.75, 3.05) is 0 Å². The Kier molecular flexibility index (Phi) is 4.39. The summed E-state index contributed by atoms with van der Waals surface area (Å²) in [5, 5.41) is 7.06. The number of hydrogen-bond donors (Lipinski definition) is 0. The van der Waals surface area contributed by atoms with Crippen molar-refractivity contribution < 1.29 is 0 Å². The molecule has 0 saturated heterocycles. The number of fused-ring (bicyclic) bond motifs is 12. The summed E-state index contributed by atoms with van der Waals surface area (Å²) < 4.78 is 6.99. The summed E-state index contributed by atoms with van der Waals surface area (Å²) in [5.74, 6) is 0. The molecule has 5 heteroatoms. The molecule has 0 aliphatic rings. The van der Waals surface area contributed by atoms with Gasteiger partial charge in [0.25, 0.3) is 0 Å². The van der Waals surface area contributed by atoms with Crippen molar-refractivity contribution in [1.29, 1.82) is 0 Å². The molecule has 5 heterocycles. The van der Waals surface area contributed by atoms with Crippen molar-refractivity contribution in [3.63, 3.8) is 0 Å². The summed E-state index contributed by atoms with van der Waals surface area (Å²) in [6.07, 6.45) is 5.80. The van der Waals surface area contributed by atoms with Crippen LogP contribution < -0.4 is 0 Å². The molecule has 5 aromatic heterocycles. The van der Waals surface area contributed by atoms with Crippen LogP contribution in [0.2, 0.25) is 0 Å². The number of aromatic nitrogens is 5. The van der Waals surface area contributed by atoms with Crippen molar-refractivity contribution in [1.82, 2.24) is 23.5 Å². The highest BCUT2D eigenvalue weighted by Gasteiger charge is 2.20. The average molecular weight is 550 g/mol. The summed E-state index contributed by atoms with van der Waals surface area (Å²) in [4.78, 5) is 9.57. The second kappa shape index (κ2) is 8.30. The SMILES string of the molecule is c1ccc(-n2c3ccccc3c3cc4c(cc32)c2cc3c5ncccc5c5nccn5c3cc2n4-c2ccccc2)cc1. The molecule has 0 aliphatic heterocycles. The third-order valence-electron chi connectivity index (χ3n) is 8.91. The zero-order valence-corrected chi connectivity index (χ0v) is 23.0. The molecule has 0 N–H and O–H groups in total. The van der Waals surface area contributed by atoms with E-state index in [9.17, 15) is 0 Å². The third kappa shape index (κ3) is 3.00. The Labute approximate surface area is 245 Å². The van der Waals surface area contributed by atoms with Gasteiger partial charge in [-0.15, -0.1) is 0 Å². The zero-order valence-electron chi connectivity index (χ0n) is 23.0. The standard InChI is InChI=1S/C38H23N5/c1-3-10-24(11-4-1)42-32-16-8-7-14-26(32)29-21-35-30(22-34(29)42)28-20-31-33(23-36(28)43(35)25-12-5-2-6-13-25)41-19-18-40-38(41)27-15-9-17-39-37(27)31/h1-23H. The van der Waals surface area contributed by atoms with E-state index in [-0.39, 0.29) is 0 Å². The van der Waals surface area contributed by atoms with E-state index >= 15 is 0 Å². The molecule has 0 bridgehead atoms. The summed E-state index contributed by atoms with van der Waals surface area (Å²) >= 11 is 0. The molecule has 10 rings (SSSR count). The Balaban J connectivity index is 1.45. The molecule has 0 amide bonds. The van der Waals surface area contributed by atoms with E-state index in [0.29, 0.717) is 0 Å². The number of nitrogens with zero attached hydrogens (tertiary/aromatic N) is 5. The van der Waals surface area contributed by atoms with Crippen LogP contribution in [-0.2, 0) is 0 Å². The van der Waals surface area contributed by atoms with Crippen LogP contribution in [0.3, 0.4) is 0 Å². The van der Waals surface area contributed by atoms with Gasteiger partial charge in [0, 0.05) is 62.3 Å². The largest absolute Gasteiger partial charge is 0.309 e. The Morgan fingerprint density at radius 3 is 1.77 bits per heavy atom. The fourth-order valence-electron chi connectivity index (χ4n) is 7.11. The van der Waals surface area contributed by atoms with Crippen molar-refractivity contribution in [2.24, 2.45) is 0 Å². The van der Waals surface area contributed by atoms with Gasteiger partial charge in [0.15, 0.2) is 0 Å². The molecule has 43 heavy (non-hydrogen) atoms. The zero-order chi connectivity index (χ0) is 28.1. The molecule has 0 spiro atoms. The molecular weight excluding hydrogens is 526 g/mol. The lowest BCUT2D eigenvalue weighted by Gasteiger charge is -2.10. The van der Waals surface area contributed by atoms with Crippen molar-refractivity contribution >= 4 is 71.1 Å². The first-order valence-corrected chi connectivity index (χ1v) is 14.5. The van der Waals surface area contributed by atoms with Crippen LogP contribution in [0.4, 0.5) is 0 Å². The minimum Gasteiger partial charge on any atom is -0.309 e. The molecule has 0 saturated carbocycles. The highest BCUT2D eigenvalue weighted by molar-refractivity contribution is 6.22. The maximum absolute atomic E-state index is 4.86. The van der Waals surface area contributed by atoms with Gasteiger partial charge in [-0.05, 0) is 66.7 Å². The minimum atomic E-state index is 0.923. The van der Waals surface area contributed by atoms with E-state index in [2.05, 4.69) is 135 Å². The number of para-hydroxylation sites is 3. The van der Waals surface area contributed by atoms with Gasteiger partial charge in [-0.25, -0.2) is 4.98 Å². The normalized spacial score (nSPS) is 12.2. The van der Waals surface area contributed by atoms with Crippen LogP contribution >= 0.6 is 0 Å². The van der Waals surface area contributed by atoms with E-state index in [1.165, 1.54) is 38.1 Å². The van der Waals surface area contributed by atoms with Crippen molar-refractivity contribution in [3.05, 3.63) is 140 Å². The first-order valence-electron chi connectivity index (χ1n) is 14.5. The topological polar surface area (TPSA) is 40.1 Å². The Morgan fingerprint density at radius 1 is 0.395 bits per heavy atom. The van der Waals surface area contributed by atoms with E-state index in [4.69, 9.17) is 9.97 Å². The predicted octanol–water partition coefficient (Wildman–Crippen LogP) is 9.23. The van der Waals surface area contributed by atoms with Crippen LogP contribution in [-0.4, -0.2) is 23.5 Å². The number of hydrogen-bond acceptors (Lipinski definition) is 2. The number of pyridine rings is 2.